The molecule has 39 heavy (non-hydrogen) atoms. The molecule has 1 saturated carbocycles. The maximum absolute atomic E-state index is 14.0. The molecule has 1 N–H and O–H groups in total. The lowest BCUT2D eigenvalue weighted by molar-refractivity contribution is -0.143. The summed E-state index contributed by atoms with van der Waals surface area (Å²) in [6.45, 7) is 7.22. The molecule has 4 rings (SSSR count). The number of rotatable bonds is 10. The lowest BCUT2D eigenvalue weighted by atomic mass is 9.91. The minimum absolute atomic E-state index is 0.0516. The quantitative estimate of drug-likeness (QED) is 0.427. The average Bonchev–Trinajstić information content (AvgIpc) is 3.62. The van der Waals surface area contributed by atoms with Crippen LogP contribution in [0.3, 0.4) is 0 Å². The summed E-state index contributed by atoms with van der Waals surface area (Å²) in [7, 11) is -2.65. The van der Waals surface area contributed by atoms with Gasteiger partial charge in [-0.2, -0.15) is 8.42 Å². The van der Waals surface area contributed by atoms with Crippen LogP contribution in [0.2, 0.25) is 0 Å². The molecule has 12 heteroatoms. The second-order valence-corrected chi connectivity index (χ2v) is 12.4. The molecule has 11 nitrogen and oxygen atoms in total. The Morgan fingerprint density at radius 1 is 1.21 bits per heavy atom. The minimum atomic E-state index is -4.19. The Hall–Kier alpha value is -3.38. The van der Waals surface area contributed by atoms with E-state index in [2.05, 4.69) is 4.98 Å². The summed E-state index contributed by atoms with van der Waals surface area (Å²) in [4.78, 5) is 31.7. The van der Waals surface area contributed by atoms with Crippen LogP contribution in [0.1, 0.15) is 52.5 Å². The molecule has 1 unspecified atom stereocenters. The Bertz CT molecular complexity index is 1340. The third kappa shape index (κ3) is 5.53. The van der Waals surface area contributed by atoms with Gasteiger partial charge in [0.2, 0.25) is 0 Å². The molecular formula is C27H35N3O8S. The molecule has 1 aliphatic heterocycles. The molecule has 0 radical (unpaired) electrons. The molecule has 0 bridgehead atoms. The van der Waals surface area contributed by atoms with Gasteiger partial charge in [-0.15, -0.1) is 0 Å². The average molecular weight is 562 g/mol. The van der Waals surface area contributed by atoms with Crippen LogP contribution in [-0.2, 0) is 30.7 Å². The SMILES string of the molecule is CCC1(C(=O)O)Cc2cc(OCCOC)cc(N(C3CC3)S(=O)(=O)c3ccccn3)c2N1C(=O)OC(C)(C)C. The number of fused-ring (bicyclic) bond motifs is 1. The van der Waals surface area contributed by atoms with Crippen molar-refractivity contribution in [3.8, 4) is 5.75 Å². The van der Waals surface area contributed by atoms with Crippen molar-refractivity contribution in [3.05, 3.63) is 42.1 Å². The van der Waals surface area contributed by atoms with Crippen molar-refractivity contribution in [3.63, 3.8) is 0 Å². The van der Waals surface area contributed by atoms with Crippen LogP contribution in [0.15, 0.2) is 41.6 Å². The topological polar surface area (TPSA) is 136 Å². The molecular weight excluding hydrogens is 526 g/mol. The van der Waals surface area contributed by atoms with Crippen molar-refractivity contribution < 1.29 is 37.3 Å². The van der Waals surface area contributed by atoms with E-state index in [9.17, 15) is 23.1 Å². The molecule has 1 atom stereocenters. The number of benzene rings is 1. The number of aromatic nitrogens is 1. The lowest BCUT2D eigenvalue weighted by Gasteiger charge is -2.37. The Morgan fingerprint density at radius 2 is 1.92 bits per heavy atom. The maximum atomic E-state index is 14.0. The van der Waals surface area contributed by atoms with E-state index in [-0.39, 0.29) is 35.8 Å². The number of pyridine rings is 1. The second-order valence-electron chi connectivity index (χ2n) is 10.7. The minimum Gasteiger partial charge on any atom is -0.491 e. The van der Waals surface area contributed by atoms with E-state index >= 15 is 0 Å². The highest BCUT2D eigenvalue weighted by molar-refractivity contribution is 7.92. The molecule has 0 spiro atoms. The Morgan fingerprint density at radius 3 is 2.46 bits per heavy atom. The van der Waals surface area contributed by atoms with Gasteiger partial charge >= 0.3 is 12.1 Å². The van der Waals surface area contributed by atoms with Crippen LogP contribution < -0.4 is 13.9 Å². The molecule has 1 aromatic heterocycles. The first-order chi connectivity index (χ1) is 18.4. The van der Waals surface area contributed by atoms with Crippen molar-refractivity contribution in [1.29, 1.82) is 0 Å². The van der Waals surface area contributed by atoms with Gasteiger partial charge in [0.15, 0.2) is 10.6 Å². The highest BCUT2D eigenvalue weighted by atomic mass is 32.2. The molecule has 1 aliphatic carbocycles. The normalized spacial score (nSPS) is 18.9. The van der Waals surface area contributed by atoms with Gasteiger partial charge in [-0.05, 0) is 63.8 Å². The first kappa shape index (κ1) is 28.6. The number of carboxylic acid groups (broad SMARTS) is 1. The fourth-order valence-corrected chi connectivity index (χ4v) is 6.40. The number of methoxy groups -OCH3 is 1. The number of nitrogens with zero attached hydrogens (tertiary/aromatic N) is 3. The maximum Gasteiger partial charge on any atom is 0.415 e. The lowest BCUT2D eigenvalue weighted by Crippen LogP contribution is -2.56. The number of hydrogen-bond acceptors (Lipinski definition) is 8. The van der Waals surface area contributed by atoms with Crippen molar-refractivity contribution >= 4 is 33.5 Å². The van der Waals surface area contributed by atoms with E-state index in [1.165, 1.54) is 29.7 Å². The van der Waals surface area contributed by atoms with Gasteiger partial charge in [0.1, 0.15) is 18.0 Å². The Kier molecular flexibility index (Phi) is 7.82. The van der Waals surface area contributed by atoms with Gasteiger partial charge in [-0.1, -0.05) is 13.0 Å². The second kappa shape index (κ2) is 10.6. The number of anilines is 2. The summed E-state index contributed by atoms with van der Waals surface area (Å²) in [5, 5.41) is 10.3. The van der Waals surface area contributed by atoms with Gasteiger partial charge in [-0.25, -0.2) is 14.6 Å². The van der Waals surface area contributed by atoms with Crippen LogP contribution in [0.5, 0.6) is 5.75 Å². The van der Waals surface area contributed by atoms with Crippen molar-refractivity contribution in [2.24, 2.45) is 0 Å². The fraction of sp³-hybridized carbons (Fsp3) is 0.519. The van der Waals surface area contributed by atoms with Gasteiger partial charge < -0.3 is 19.3 Å². The summed E-state index contributed by atoms with van der Waals surface area (Å²) < 4.78 is 45.9. The standard InChI is InChI=1S/C27H35N3O8S/c1-6-27(24(31)32)17-18-15-20(37-14-13-36-5)16-21(23(18)29(27)25(33)38-26(2,3)4)30(19-10-11-19)39(34,35)22-9-7-8-12-28-22/h7-9,12,15-16,19H,6,10-11,13-14,17H2,1-5H3,(H,31,32). The van der Waals surface area contributed by atoms with Crippen LogP contribution in [0.4, 0.5) is 16.2 Å². The number of hydrogen-bond donors (Lipinski definition) is 1. The molecule has 2 aliphatic rings. The van der Waals surface area contributed by atoms with Crippen LogP contribution in [-0.4, -0.2) is 68.1 Å². The number of sulfonamides is 1. The monoisotopic (exact) mass is 561 g/mol. The van der Waals surface area contributed by atoms with Crippen LogP contribution in [0, 0.1) is 0 Å². The predicted molar refractivity (Wildman–Crippen MR) is 144 cm³/mol. The highest BCUT2D eigenvalue weighted by Gasteiger charge is 2.55. The van der Waals surface area contributed by atoms with Crippen molar-refractivity contribution in [2.45, 2.75) is 75.6 Å². The van der Waals surface area contributed by atoms with Gasteiger partial charge in [0.25, 0.3) is 10.0 Å². The van der Waals surface area contributed by atoms with Crippen molar-refractivity contribution in [2.75, 3.05) is 29.5 Å². The number of carbonyl (C=O) groups is 2. The molecule has 0 saturated heterocycles. The molecule has 1 aromatic carbocycles. The van der Waals surface area contributed by atoms with E-state index in [0.29, 0.717) is 30.8 Å². The molecule has 2 aromatic rings. The summed E-state index contributed by atoms with van der Waals surface area (Å²) >= 11 is 0. The van der Waals surface area contributed by atoms with Crippen LogP contribution in [0.25, 0.3) is 0 Å². The number of amides is 1. The summed E-state index contributed by atoms with van der Waals surface area (Å²) in [5.74, 6) is -0.880. The number of ether oxygens (including phenoxy) is 3. The largest absolute Gasteiger partial charge is 0.491 e. The van der Waals surface area contributed by atoms with E-state index in [1.807, 2.05) is 0 Å². The van der Waals surface area contributed by atoms with E-state index in [0.717, 1.165) is 4.90 Å². The summed E-state index contributed by atoms with van der Waals surface area (Å²) in [6.07, 6.45) is 1.73. The Balaban J connectivity index is 1.98. The number of aliphatic carboxylic acids is 1. The molecule has 1 fully saturated rings. The first-order valence-corrected chi connectivity index (χ1v) is 14.3. The van der Waals surface area contributed by atoms with E-state index in [4.69, 9.17) is 14.2 Å². The van der Waals surface area contributed by atoms with Gasteiger partial charge in [0.05, 0.1) is 18.0 Å². The fourth-order valence-electron chi connectivity index (χ4n) is 4.76. The third-order valence-corrected chi connectivity index (χ3v) is 8.45. The molecule has 1 amide bonds. The zero-order chi connectivity index (χ0) is 28.6. The van der Waals surface area contributed by atoms with E-state index < -0.39 is 39.3 Å². The molecule has 212 valence electrons. The summed E-state index contributed by atoms with van der Waals surface area (Å²) in [5.41, 5.74) is -1.81. The van der Waals surface area contributed by atoms with Gasteiger partial charge in [-0.3, -0.25) is 9.21 Å². The zero-order valence-corrected chi connectivity index (χ0v) is 23.7. The van der Waals surface area contributed by atoms with Crippen LogP contribution >= 0.6 is 0 Å². The third-order valence-electron chi connectivity index (χ3n) is 6.67. The predicted octanol–water partition coefficient (Wildman–Crippen LogP) is 4.00. The van der Waals surface area contributed by atoms with Crippen molar-refractivity contribution in [1.82, 2.24) is 4.98 Å². The number of carbonyl (C=O) groups excluding carboxylic acids is 1. The smallest absolute Gasteiger partial charge is 0.415 e. The zero-order valence-electron chi connectivity index (χ0n) is 22.8. The van der Waals surface area contributed by atoms with E-state index in [1.54, 1.807) is 45.9 Å². The molecule has 2 heterocycles. The summed E-state index contributed by atoms with van der Waals surface area (Å²) in [6, 6.07) is 7.41. The first-order valence-electron chi connectivity index (χ1n) is 12.9. The number of carboxylic acids is 1. The van der Waals surface area contributed by atoms with Gasteiger partial charge in [0, 0.05) is 31.8 Å². The Labute approximate surface area is 228 Å². The highest BCUT2D eigenvalue weighted by Crippen LogP contribution is 2.52.